The minimum atomic E-state index is 0.319. The Morgan fingerprint density at radius 1 is 1.15 bits per heavy atom. The summed E-state index contributed by atoms with van der Waals surface area (Å²) in [6.45, 7) is 5.10. The molecular formula is C24H32N2O. The molecule has 3 heteroatoms. The molecule has 144 valence electrons. The zero-order chi connectivity index (χ0) is 18.6. The number of hydrogen-bond donors (Lipinski definition) is 1. The second kappa shape index (κ2) is 6.18. The minimum absolute atomic E-state index is 0.319. The third kappa shape index (κ3) is 2.46. The third-order valence-corrected chi connectivity index (χ3v) is 9.19. The molecule has 0 saturated heterocycles. The largest absolute Gasteiger partial charge is 0.411 e. The van der Waals surface area contributed by atoms with Gasteiger partial charge in [-0.2, -0.15) is 0 Å². The van der Waals surface area contributed by atoms with E-state index in [-0.39, 0.29) is 0 Å². The van der Waals surface area contributed by atoms with Gasteiger partial charge in [0, 0.05) is 12.4 Å². The molecule has 1 heterocycles. The second-order valence-electron chi connectivity index (χ2n) is 10.1. The lowest BCUT2D eigenvalue weighted by molar-refractivity contribution is -0.0837. The quantitative estimate of drug-likeness (QED) is 0.494. The summed E-state index contributed by atoms with van der Waals surface area (Å²) in [7, 11) is 0. The van der Waals surface area contributed by atoms with Crippen LogP contribution < -0.4 is 0 Å². The van der Waals surface area contributed by atoms with Crippen LogP contribution >= 0.6 is 0 Å². The van der Waals surface area contributed by atoms with Gasteiger partial charge in [0.15, 0.2) is 0 Å². The fourth-order valence-electron chi connectivity index (χ4n) is 7.69. The zero-order valence-electron chi connectivity index (χ0n) is 16.7. The lowest BCUT2D eigenvalue weighted by Crippen LogP contribution is -2.53. The third-order valence-electron chi connectivity index (χ3n) is 9.19. The van der Waals surface area contributed by atoms with Crippen molar-refractivity contribution in [1.29, 1.82) is 0 Å². The van der Waals surface area contributed by atoms with Gasteiger partial charge in [-0.15, -0.1) is 0 Å². The summed E-state index contributed by atoms with van der Waals surface area (Å²) < 4.78 is 0. The number of pyridine rings is 1. The number of hydrogen-bond acceptors (Lipinski definition) is 3. The zero-order valence-corrected chi connectivity index (χ0v) is 16.7. The van der Waals surface area contributed by atoms with Gasteiger partial charge in [0.25, 0.3) is 0 Å². The summed E-state index contributed by atoms with van der Waals surface area (Å²) in [6, 6.07) is 4.32. The number of rotatable bonds is 1. The molecule has 1 aromatic heterocycles. The van der Waals surface area contributed by atoms with E-state index in [0.717, 1.165) is 42.2 Å². The van der Waals surface area contributed by atoms with Gasteiger partial charge in [0.2, 0.25) is 0 Å². The average molecular weight is 365 g/mol. The summed E-state index contributed by atoms with van der Waals surface area (Å²) in [6.07, 6.45) is 16.3. The highest BCUT2D eigenvalue weighted by Gasteiger charge is 2.58. The predicted octanol–water partition coefficient (Wildman–Crippen LogP) is 5.95. The van der Waals surface area contributed by atoms with E-state index in [0.29, 0.717) is 10.8 Å². The highest BCUT2D eigenvalue weighted by Crippen LogP contribution is 2.67. The van der Waals surface area contributed by atoms with Crippen LogP contribution in [0, 0.1) is 34.5 Å². The molecule has 1 unspecified atom stereocenters. The van der Waals surface area contributed by atoms with Crippen LogP contribution in [0.3, 0.4) is 0 Å². The van der Waals surface area contributed by atoms with E-state index in [1.807, 2.05) is 6.20 Å². The van der Waals surface area contributed by atoms with E-state index in [1.54, 1.807) is 5.57 Å². The number of fused-ring (bicyclic) bond motifs is 5. The summed E-state index contributed by atoms with van der Waals surface area (Å²) in [5.74, 6) is 3.20. The molecule has 0 bridgehead atoms. The van der Waals surface area contributed by atoms with Crippen LogP contribution in [0.2, 0.25) is 0 Å². The first-order valence-corrected chi connectivity index (χ1v) is 10.9. The molecule has 0 amide bonds. The molecular weight excluding hydrogens is 332 g/mol. The van der Waals surface area contributed by atoms with Crippen molar-refractivity contribution in [3.05, 3.63) is 36.2 Å². The molecule has 1 aromatic rings. The lowest BCUT2D eigenvalue weighted by Gasteiger charge is -2.60. The highest BCUT2D eigenvalue weighted by molar-refractivity contribution is 5.85. The van der Waals surface area contributed by atoms with Crippen LogP contribution in [0.5, 0.6) is 0 Å². The lowest BCUT2D eigenvalue weighted by atomic mass is 9.44. The fraction of sp³-hybridized carbons (Fsp3) is 0.667. The maximum atomic E-state index is 9.27. The van der Waals surface area contributed by atoms with Gasteiger partial charge in [0.05, 0.1) is 5.71 Å². The van der Waals surface area contributed by atoms with Gasteiger partial charge in [-0.3, -0.25) is 4.98 Å². The summed E-state index contributed by atoms with van der Waals surface area (Å²) >= 11 is 0. The molecule has 3 fully saturated rings. The minimum Gasteiger partial charge on any atom is -0.411 e. The van der Waals surface area contributed by atoms with Gasteiger partial charge < -0.3 is 5.21 Å². The first-order chi connectivity index (χ1) is 13.1. The molecule has 1 N–H and O–H groups in total. The molecule has 0 aromatic carbocycles. The molecule has 4 aliphatic carbocycles. The van der Waals surface area contributed by atoms with Gasteiger partial charge in [-0.05, 0) is 103 Å². The van der Waals surface area contributed by atoms with Crippen molar-refractivity contribution in [3.8, 4) is 0 Å². The van der Waals surface area contributed by atoms with Crippen molar-refractivity contribution in [2.45, 2.75) is 65.2 Å². The molecule has 4 aliphatic rings. The molecule has 0 aliphatic heterocycles. The van der Waals surface area contributed by atoms with E-state index in [2.05, 4.69) is 48.4 Å². The highest BCUT2D eigenvalue weighted by atomic mass is 16.4. The van der Waals surface area contributed by atoms with Crippen molar-refractivity contribution in [3.63, 3.8) is 0 Å². The average Bonchev–Trinajstić information content (AvgIpc) is 3.05. The Kier molecular flexibility index (Phi) is 4.00. The van der Waals surface area contributed by atoms with Crippen LogP contribution in [-0.2, 0) is 0 Å². The number of allylic oxidation sites excluding steroid dienone is 2. The van der Waals surface area contributed by atoms with E-state index in [4.69, 9.17) is 0 Å². The van der Waals surface area contributed by atoms with Crippen molar-refractivity contribution in [1.82, 2.24) is 4.98 Å². The van der Waals surface area contributed by atoms with Crippen LogP contribution in [0.1, 0.15) is 70.8 Å². The van der Waals surface area contributed by atoms with E-state index in [9.17, 15) is 5.21 Å². The molecule has 5 rings (SSSR count). The Balaban J connectivity index is 1.43. The molecule has 3 saturated carbocycles. The van der Waals surface area contributed by atoms with Gasteiger partial charge in [0.1, 0.15) is 0 Å². The maximum absolute atomic E-state index is 9.27. The number of oxime groups is 1. The Hall–Kier alpha value is -1.64. The van der Waals surface area contributed by atoms with Gasteiger partial charge in [-0.25, -0.2) is 0 Å². The second-order valence-corrected chi connectivity index (χ2v) is 10.1. The predicted molar refractivity (Wildman–Crippen MR) is 109 cm³/mol. The Morgan fingerprint density at radius 3 is 2.81 bits per heavy atom. The molecule has 27 heavy (non-hydrogen) atoms. The van der Waals surface area contributed by atoms with Crippen molar-refractivity contribution in [2.75, 3.05) is 0 Å². The van der Waals surface area contributed by atoms with Crippen LogP contribution in [0.15, 0.2) is 35.8 Å². The molecule has 0 spiro atoms. The first-order valence-electron chi connectivity index (χ1n) is 10.9. The summed E-state index contributed by atoms with van der Waals surface area (Å²) in [5.41, 5.74) is 4.69. The van der Waals surface area contributed by atoms with E-state index >= 15 is 0 Å². The Morgan fingerprint density at radius 2 is 2.04 bits per heavy atom. The standard InChI is InChI=1S/C24H32N2O/c1-23-11-9-18(26-27)14-17(23)5-6-19-21-8-7-20(16-4-3-13-25-15-16)24(21,2)12-10-22(19)23/h3-4,7,13,15,17,19,21-22,27H,5-6,8-12,14H2,1-2H3/t17?,19-,21-,22-,23-,24+/m0/s1. The molecule has 3 nitrogen and oxygen atoms in total. The monoisotopic (exact) mass is 364 g/mol. The first kappa shape index (κ1) is 17.5. The van der Waals surface area contributed by atoms with Crippen LogP contribution in [-0.4, -0.2) is 15.9 Å². The SMILES string of the molecule is C[C@]12CCC(=NO)CC1CC[C@@H]1[C@@H]2CC[C@]2(C)C(c3cccnc3)=CC[C@@H]12. The molecule has 6 atom stereocenters. The maximum Gasteiger partial charge on any atom is 0.0574 e. The summed E-state index contributed by atoms with van der Waals surface area (Å²) in [4.78, 5) is 4.39. The fourth-order valence-corrected chi connectivity index (χ4v) is 7.69. The van der Waals surface area contributed by atoms with E-state index in [1.165, 1.54) is 44.1 Å². The van der Waals surface area contributed by atoms with Crippen molar-refractivity contribution < 1.29 is 5.21 Å². The van der Waals surface area contributed by atoms with Crippen LogP contribution in [0.4, 0.5) is 0 Å². The van der Waals surface area contributed by atoms with E-state index < -0.39 is 0 Å². The van der Waals surface area contributed by atoms with Crippen molar-refractivity contribution >= 4 is 11.3 Å². The topological polar surface area (TPSA) is 45.5 Å². The molecule has 0 radical (unpaired) electrons. The van der Waals surface area contributed by atoms with Crippen LogP contribution in [0.25, 0.3) is 5.57 Å². The van der Waals surface area contributed by atoms with Crippen molar-refractivity contribution in [2.24, 2.45) is 39.7 Å². The number of nitrogens with zero attached hydrogens (tertiary/aromatic N) is 2. The smallest absolute Gasteiger partial charge is 0.0574 e. The summed E-state index contributed by atoms with van der Waals surface area (Å²) in [5, 5.41) is 12.9. The van der Waals surface area contributed by atoms with Gasteiger partial charge >= 0.3 is 0 Å². The van der Waals surface area contributed by atoms with Gasteiger partial charge in [-0.1, -0.05) is 31.1 Å². The normalized spacial score (nSPS) is 45.0. The Labute approximate surface area is 163 Å². The number of aromatic nitrogens is 1. The Bertz CT molecular complexity index is 785.